The van der Waals surface area contributed by atoms with Crippen molar-refractivity contribution in [3.63, 3.8) is 0 Å². The Kier molecular flexibility index (Phi) is 2.46. The maximum Gasteiger partial charge on any atom is 0.223 e. The third-order valence-electron chi connectivity index (χ3n) is 3.23. The molecular formula is C10H14N2O3. The summed E-state index contributed by atoms with van der Waals surface area (Å²) in [6.07, 6.45) is 4.48. The lowest BCUT2D eigenvalue weighted by Gasteiger charge is -2.12. The van der Waals surface area contributed by atoms with Crippen LogP contribution < -0.4 is 10.6 Å². The fourth-order valence-electron chi connectivity index (χ4n) is 2.21. The van der Waals surface area contributed by atoms with Gasteiger partial charge >= 0.3 is 0 Å². The summed E-state index contributed by atoms with van der Waals surface area (Å²) in [5, 5.41) is 5.35. The van der Waals surface area contributed by atoms with Crippen molar-refractivity contribution in [2.24, 2.45) is 5.92 Å². The van der Waals surface area contributed by atoms with Gasteiger partial charge in [-0.3, -0.25) is 9.59 Å². The fraction of sp³-hybridized carbons (Fsp3) is 0.700. The van der Waals surface area contributed by atoms with Crippen molar-refractivity contribution in [3.8, 4) is 0 Å². The molecule has 2 atom stereocenters. The van der Waals surface area contributed by atoms with Crippen molar-refractivity contribution in [1.82, 2.24) is 10.6 Å². The molecule has 1 spiro atoms. The minimum Gasteiger partial charge on any atom is -0.350 e. The van der Waals surface area contributed by atoms with E-state index in [1.807, 2.05) is 0 Å². The topological polar surface area (TPSA) is 75.3 Å². The van der Waals surface area contributed by atoms with Gasteiger partial charge in [0.1, 0.15) is 6.29 Å². The molecule has 2 rings (SSSR count). The zero-order valence-electron chi connectivity index (χ0n) is 8.36. The first-order chi connectivity index (χ1) is 7.19. The third kappa shape index (κ3) is 2.00. The number of aldehydes is 1. The number of nitrogens with one attached hydrogen (secondary N) is 2. The summed E-state index contributed by atoms with van der Waals surface area (Å²) in [7, 11) is 0. The first kappa shape index (κ1) is 10.1. The second kappa shape index (κ2) is 3.64. The van der Waals surface area contributed by atoms with Gasteiger partial charge in [0.15, 0.2) is 0 Å². The van der Waals surface area contributed by atoms with E-state index in [4.69, 9.17) is 0 Å². The summed E-state index contributed by atoms with van der Waals surface area (Å²) >= 11 is 0. The lowest BCUT2D eigenvalue weighted by Crippen LogP contribution is -2.33. The monoisotopic (exact) mass is 210 g/mol. The van der Waals surface area contributed by atoms with E-state index in [0.29, 0.717) is 19.1 Å². The Morgan fingerprint density at radius 1 is 1.53 bits per heavy atom. The Morgan fingerprint density at radius 2 is 2.27 bits per heavy atom. The highest BCUT2D eigenvalue weighted by molar-refractivity contribution is 5.83. The van der Waals surface area contributed by atoms with E-state index in [2.05, 4.69) is 10.6 Å². The van der Waals surface area contributed by atoms with Crippen LogP contribution in [0.3, 0.4) is 0 Å². The molecule has 2 unspecified atom stereocenters. The Hall–Kier alpha value is -1.39. The predicted octanol–water partition coefficient (Wildman–Crippen LogP) is -0.641. The van der Waals surface area contributed by atoms with Gasteiger partial charge < -0.3 is 15.4 Å². The fourth-order valence-corrected chi connectivity index (χ4v) is 2.21. The molecule has 1 aliphatic carbocycles. The number of hydrogen-bond acceptors (Lipinski definition) is 3. The van der Waals surface area contributed by atoms with Gasteiger partial charge in [-0.1, -0.05) is 0 Å². The SMILES string of the molecule is O=CNC(C=O)CC1CC2(CC2)NC1=O. The molecule has 0 aromatic carbocycles. The van der Waals surface area contributed by atoms with Gasteiger partial charge in [0.05, 0.1) is 6.04 Å². The van der Waals surface area contributed by atoms with Crippen LogP contribution in [0.4, 0.5) is 0 Å². The summed E-state index contributed by atoms with van der Waals surface area (Å²) in [5.74, 6) is -0.109. The van der Waals surface area contributed by atoms with Crippen LogP contribution in [0.25, 0.3) is 0 Å². The lowest BCUT2D eigenvalue weighted by atomic mass is 9.96. The maximum absolute atomic E-state index is 11.5. The molecule has 2 fully saturated rings. The van der Waals surface area contributed by atoms with Gasteiger partial charge in [-0.25, -0.2) is 0 Å². The van der Waals surface area contributed by atoms with Crippen LogP contribution in [0.1, 0.15) is 25.7 Å². The van der Waals surface area contributed by atoms with Crippen LogP contribution >= 0.6 is 0 Å². The molecule has 1 aliphatic heterocycles. The molecule has 5 heteroatoms. The summed E-state index contributed by atoms with van der Waals surface area (Å²) in [4.78, 5) is 32.4. The van der Waals surface area contributed by atoms with Crippen LogP contribution in [0, 0.1) is 5.92 Å². The zero-order chi connectivity index (χ0) is 10.9. The van der Waals surface area contributed by atoms with E-state index in [0.717, 1.165) is 19.3 Å². The van der Waals surface area contributed by atoms with Crippen molar-refractivity contribution < 1.29 is 14.4 Å². The number of carbonyl (C=O) groups is 3. The highest BCUT2D eigenvalue weighted by Gasteiger charge is 2.52. The van der Waals surface area contributed by atoms with E-state index in [1.165, 1.54) is 0 Å². The van der Waals surface area contributed by atoms with E-state index in [9.17, 15) is 14.4 Å². The highest BCUT2D eigenvalue weighted by atomic mass is 16.2. The molecule has 2 aliphatic rings. The summed E-state index contributed by atoms with van der Waals surface area (Å²) < 4.78 is 0. The Bertz CT molecular complexity index is 299. The number of hydrogen-bond donors (Lipinski definition) is 2. The van der Waals surface area contributed by atoms with Crippen molar-refractivity contribution in [2.75, 3.05) is 0 Å². The van der Waals surface area contributed by atoms with Gasteiger partial charge in [0.2, 0.25) is 12.3 Å². The molecule has 15 heavy (non-hydrogen) atoms. The van der Waals surface area contributed by atoms with Crippen LogP contribution in [0.5, 0.6) is 0 Å². The molecule has 0 aromatic rings. The van der Waals surface area contributed by atoms with Crippen LogP contribution in [-0.2, 0) is 14.4 Å². The summed E-state index contributed by atoms with van der Waals surface area (Å²) in [6, 6.07) is -0.535. The average Bonchev–Trinajstić information content (AvgIpc) is 2.87. The van der Waals surface area contributed by atoms with Gasteiger partial charge in [-0.15, -0.1) is 0 Å². The normalized spacial score (nSPS) is 28.3. The van der Waals surface area contributed by atoms with Crippen molar-refractivity contribution in [3.05, 3.63) is 0 Å². The quantitative estimate of drug-likeness (QED) is 0.593. The second-order valence-corrected chi connectivity index (χ2v) is 4.43. The van der Waals surface area contributed by atoms with Crippen molar-refractivity contribution in [1.29, 1.82) is 0 Å². The molecule has 2 N–H and O–H groups in total. The van der Waals surface area contributed by atoms with Crippen LogP contribution in [-0.4, -0.2) is 30.2 Å². The van der Waals surface area contributed by atoms with Crippen molar-refractivity contribution >= 4 is 18.6 Å². The molecule has 0 aromatic heterocycles. The Morgan fingerprint density at radius 3 is 2.73 bits per heavy atom. The largest absolute Gasteiger partial charge is 0.350 e. The molecule has 0 radical (unpaired) electrons. The lowest BCUT2D eigenvalue weighted by molar-refractivity contribution is -0.123. The van der Waals surface area contributed by atoms with E-state index in [1.54, 1.807) is 0 Å². The minimum absolute atomic E-state index is 0.0204. The highest BCUT2D eigenvalue weighted by Crippen LogP contribution is 2.46. The first-order valence-electron chi connectivity index (χ1n) is 5.16. The Balaban J connectivity index is 1.90. The number of rotatable bonds is 5. The number of amides is 2. The molecular weight excluding hydrogens is 196 g/mol. The van der Waals surface area contributed by atoms with Gasteiger partial charge in [-0.2, -0.15) is 0 Å². The molecule has 1 saturated heterocycles. The smallest absolute Gasteiger partial charge is 0.223 e. The molecule has 1 heterocycles. The van der Waals surface area contributed by atoms with E-state index < -0.39 is 6.04 Å². The second-order valence-electron chi connectivity index (χ2n) is 4.43. The van der Waals surface area contributed by atoms with E-state index >= 15 is 0 Å². The minimum atomic E-state index is -0.535. The summed E-state index contributed by atoms with van der Waals surface area (Å²) in [6.45, 7) is 0. The Labute approximate surface area is 87.6 Å². The molecule has 1 saturated carbocycles. The van der Waals surface area contributed by atoms with Crippen LogP contribution in [0.2, 0.25) is 0 Å². The van der Waals surface area contributed by atoms with Crippen molar-refractivity contribution in [2.45, 2.75) is 37.3 Å². The predicted molar refractivity (Wildman–Crippen MR) is 51.9 cm³/mol. The van der Waals surface area contributed by atoms with Crippen LogP contribution in [0.15, 0.2) is 0 Å². The molecule has 5 nitrogen and oxygen atoms in total. The molecule has 82 valence electrons. The van der Waals surface area contributed by atoms with Gasteiger partial charge in [0, 0.05) is 11.5 Å². The van der Waals surface area contributed by atoms with Gasteiger partial charge in [-0.05, 0) is 25.7 Å². The maximum atomic E-state index is 11.5. The zero-order valence-corrected chi connectivity index (χ0v) is 8.36. The standard InChI is InChI=1S/C10H14N2O3/c13-5-8(11-6-14)3-7-4-10(1-2-10)12-9(7)15/h5-8H,1-4H2,(H,11,14)(H,12,15). The van der Waals surface area contributed by atoms with E-state index in [-0.39, 0.29) is 17.4 Å². The molecule has 0 bridgehead atoms. The first-order valence-corrected chi connectivity index (χ1v) is 5.16. The third-order valence-corrected chi connectivity index (χ3v) is 3.23. The number of carbonyl (C=O) groups excluding carboxylic acids is 3. The average molecular weight is 210 g/mol. The summed E-state index contributed by atoms with van der Waals surface area (Å²) in [5.41, 5.74) is 0.0381. The molecule has 2 amide bonds. The van der Waals surface area contributed by atoms with Gasteiger partial charge in [0.25, 0.3) is 0 Å².